The fraction of sp³-hybridized carbons (Fsp3) is 0.182. The van der Waals surface area contributed by atoms with Crippen molar-refractivity contribution < 1.29 is 24.2 Å². The zero-order valence-corrected chi connectivity index (χ0v) is 11.8. The topological polar surface area (TPSA) is 131 Å². The van der Waals surface area contributed by atoms with Gasteiger partial charge in [-0.2, -0.15) is 0 Å². The van der Waals surface area contributed by atoms with Crippen LogP contribution in [0, 0.1) is 0 Å². The van der Waals surface area contributed by atoms with Crippen LogP contribution in [0.3, 0.4) is 0 Å². The van der Waals surface area contributed by atoms with E-state index in [0.717, 1.165) is 0 Å². The van der Waals surface area contributed by atoms with Gasteiger partial charge in [-0.1, -0.05) is 0 Å². The first-order valence-corrected chi connectivity index (χ1v) is 6.19. The Bertz CT molecular complexity index is 535. The van der Waals surface area contributed by atoms with Gasteiger partial charge in [0.2, 0.25) is 0 Å². The summed E-state index contributed by atoms with van der Waals surface area (Å²) in [6.45, 7) is 0.0570. The molecule has 8 nitrogen and oxygen atoms in total. The van der Waals surface area contributed by atoms with Crippen LogP contribution in [0.25, 0.3) is 0 Å². The van der Waals surface area contributed by atoms with E-state index in [0.29, 0.717) is 10.2 Å². The van der Waals surface area contributed by atoms with Crippen LogP contribution in [-0.2, 0) is 4.74 Å². The van der Waals surface area contributed by atoms with Gasteiger partial charge in [0, 0.05) is 4.47 Å². The summed E-state index contributed by atoms with van der Waals surface area (Å²) in [4.78, 5) is 32.5. The molecule has 0 aliphatic carbocycles. The number of carboxylic acid groups (broad SMARTS) is 1. The number of aromatic carboxylic acids is 1. The van der Waals surface area contributed by atoms with Crippen LogP contribution >= 0.6 is 15.9 Å². The summed E-state index contributed by atoms with van der Waals surface area (Å²) >= 11 is 3.15. The van der Waals surface area contributed by atoms with E-state index in [1.54, 1.807) is 0 Å². The largest absolute Gasteiger partial charge is 0.478 e. The summed E-state index contributed by atoms with van der Waals surface area (Å²) in [5.74, 6) is -1.06. The number of hydrogen-bond acceptors (Lipinski definition) is 4. The van der Waals surface area contributed by atoms with E-state index in [4.69, 9.17) is 10.8 Å². The van der Waals surface area contributed by atoms with E-state index in [1.165, 1.54) is 18.2 Å². The third-order valence-corrected chi connectivity index (χ3v) is 2.75. The minimum Gasteiger partial charge on any atom is -0.478 e. The van der Waals surface area contributed by atoms with Gasteiger partial charge in [0.1, 0.15) is 6.61 Å². The number of nitrogens with one attached hydrogen (secondary N) is 2. The molecule has 0 heterocycles. The second-order valence-electron chi connectivity index (χ2n) is 3.55. The van der Waals surface area contributed by atoms with Gasteiger partial charge in [0.25, 0.3) is 0 Å². The zero-order valence-electron chi connectivity index (χ0n) is 10.2. The normalized spacial score (nSPS) is 9.65. The third-order valence-electron chi connectivity index (χ3n) is 2.10. The highest BCUT2D eigenvalue weighted by molar-refractivity contribution is 9.10. The van der Waals surface area contributed by atoms with Gasteiger partial charge in [-0.05, 0) is 34.1 Å². The first kappa shape index (κ1) is 15.8. The lowest BCUT2D eigenvalue weighted by atomic mass is 10.2. The summed E-state index contributed by atoms with van der Waals surface area (Å²) < 4.78 is 4.86. The van der Waals surface area contributed by atoms with Gasteiger partial charge in [-0.25, -0.2) is 14.4 Å². The Balaban J connectivity index is 2.50. The molecule has 0 aliphatic rings. The van der Waals surface area contributed by atoms with Crippen molar-refractivity contribution in [3.63, 3.8) is 0 Å². The molecule has 0 spiro atoms. The number of carbonyl (C=O) groups is 3. The van der Waals surface area contributed by atoms with Crippen molar-refractivity contribution in [1.82, 2.24) is 5.32 Å². The lowest BCUT2D eigenvalue weighted by molar-refractivity contribution is 0.0696. The van der Waals surface area contributed by atoms with Crippen molar-refractivity contribution in [3.05, 3.63) is 28.2 Å². The van der Waals surface area contributed by atoms with Crippen LogP contribution in [0.2, 0.25) is 0 Å². The number of hydrogen-bond donors (Lipinski definition) is 4. The molecular formula is C11H12BrN3O5. The van der Waals surface area contributed by atoms with Crippen LogP contribution in [0.15, 0.2) is 22.7 Å². The van der Waals surface area contributed by atoms with Crippen molar-refractivity contribution in [2.24, 2.45) is 5.73 Å². The Hall–Kier alpha value is -2.29. The number of carbonyl (C=O) groups excluding carboxylic acids is 2. The lowest BCUT2D eigenvalue weighted by Gasteiger charge is -2.09. The molecular weight excluding hydrogens is 334 g/mol. The number of benzene rings is 1. The Morgan fingerprint density at radius 2 is 2.05 bits per heavy atom. The molecule has 1 aromatic carbocycles. The summed E-state index contributed by atoms with van der Waals surface area (Å²) in [6, 6.07) is 3.65. The molecule has 20 heavy (non-hydrogen) atoms. The number of carboxylic acids is 1. The Morgan fingerprint density at radius 3 is 2.60 bits per heavy atom. The maximum absolute atomic E-state index is 11.5. The molecule has 1 rings (SSSR count). The molecule has 9 heteroatoms. The van der Waals surface area contributed by atoms with Crippen LogP contribution in [-0.4, -0.2) is 36.4 Å². The number of urea groups is 1. The highest BCUT2D eigenvalue weighted by Crippen LogP contribution is 2.23. The molecule has 5 N–H and O–H groups in total. The predicted molar refractivity (Wildman–Crippen MR) is 73.7 cm³/mol. The second kappa shape index (κ2) is 7.34. The molecule has 0 saturated carbocycles. The van der Waals surface area contributed by atoms with Crippen molar-refractivity contribution in [2.75, 3.05) is 18.5 Å². The molecule has 1 aromatic rings. The van der Waals surface area contributed by atoms with E-state index in [-0.39, 0.29) is 18.7 Å². The van der Waals surface area contributed by atoms with E-state index < -0.39 is 18.1 Å². The van der Waals surface area contributed by atoms with E-state index >= 15 is 0 Å². The zero-order chi connectivity index (χ0) is 15.1. The second-order valence-corrected chi connectivity index (χ2v) is 4.40. The summed E-state index contributed by atoms with van der Waals surface area (Å²) in [5.41, 5.74) is 5.25. The van der Waals surface area contributed by atoms with Gasteiger partial charge >= 0.3 is 18.1 Å². The molecule has 0 unspecified atom stereocenters. The third kappa shape index (κ3) is 5.14. The number of rotatable bonds is 5. The summed E-state index contributed by atoms with van der Waals surface area (Å²) in [7, 11) is 0. The van der Waals surface area contributed by atoms with Crippen LogP contribution < -0.4 is 16.4 Å². The molecule has 0 bridgehead atoms. The molecule has 108 valence electrons. The number of ether oxygens (including phenoxy) is 1. The van der Waals surface area contributed by atoms with Crippen molar-refractivity contribution in [1.29, 1.82) is 0 Å². The Kier molecular flexibility index (Phi) is 5.78. The molecule has 0 atom stereocenters. The standard InChI is InChI=1S/C11H12BrN3O5/c12-7-5-6(9(16)17)1-2-8(7)15-11(19)14-3-4-20-10(13)18/h1-2,5H,3-4H2,(H2,13,18)(H,16,17)(H2,14,15,19). The maximum atomic E-state index is 11.5. The Morgan fingerprint density at radius 1 is 1.35 bits per heavy atom. The average Bonchev–Trinajstić information content (AvgIpc) is 2.36. The molecule has 0 saturated heterocycles. The fourth-order valence-corrected chi connectivity index (χ4v) is 1.71. The first-order valence-electron chi connectivity index (χ1n) is 5.40. The molecule has 3 amide bonds. The Labute approximate surface area is 122 Å². The lowest BCUT2D eigenvalue weighted by Crippen LogP contribution is -2.32. The van der Waals surface area contributed by atoms with Crippen LogP contribution in [0.5, 0.6) is 0 Å². The SMILES string of the molecule is NC(=O)OCCNC(=O)Nc1ccc(C(=O)O)cc1Br. The number of primary amides is 1. The quantitative estimate of drug-likeness (QED) is 0.598. The number of amides is 3. The van der Waals surface area contributed by atoms with Gasteiger partial charge in [0.05, 0.1) is 17.8 Å². The number of halogens is 1. The smallest absolute Gasteiger partial charge is 0.404 e. The fourth-order valence-electron chi connectivity index (χ4n) is 1.23. The molecule has 0 aliphatic heterocycles. The maximum Gasteiger partial charge on any atom is 0.404 e. The van der Waals surface area contributed by atoms with Crippen molar-refractivity contribution in [3.8, 4) is 0 Å². The first-order chi connectivity index (χ1) is 9.40. The van der Waals surface area contributed by atoms with Crippen LogP contribution in [0.4, 0.5) is 15.3 Å². The minimum absolute atomic E-state index is 0.0398. The number of nitrogens with two attached hydrogens (primary N) is 1. The van der Waals surface area contributed by atoms with Crippen molar-refractivity contribution in [2.45, 2.75) is 0 Å². The average molecular weight is 346 g/mol. The monoisotopic (exact) mass is 345 g/mol. The number of anilines is 1. The van der Waals surface area contributed by atoms with Gasteiger partial charge in [-0.3, -0.25) is 0 Å². The van der Waals surface area contributed by atoms with E-state index in [2.05, 4.69) is 31.3 Å². The highest BCUT2D eigenvalue weighted by atomic mass is 79.9. The minimum atomic E-state index is -1.06. The van der Waals surface area contributed by atoms with Gasteiger partial charge < -0.3 is 26.2 Å². The highest BCUT2D eigenvalue weighted by Gasteiger charge is 2.09. The molecule has 0 radical (unpaired) electrons. The van der Waals surface area contributed by atoms with Gasteiger partial charge in [-0.15, -0.1) is 0 Å². The predicted octanol–water partition coefficient (Wildman–Crippen LogP) is 1.36. The summed E-state index contributed by atoms with van der Waals surface area (Å²) in [6.07, 6.45) is -0.917. The molecule has 0 fully saturated rings. The van der Waals surface area contributed by atoms with Crippen LogP contribution in [0.1, 0.15) is 10.4 Å². The van der Waals surface area contributed by atoms with Gasteiger partial charge in [0.15, 0.2) is 0 Å². The molecule has 0 aromatic heterocycles. The van der Waals surface area contributed by atoms with E-state index in [9.17, 15) is 14.4 Å². The summed E-state index contributed by atoms with van der Waals surface area (Å²) in [5, 5.41) is 13.7. The van der Waals surface area contributed by atoms with Crippen molar-refractivity contribution >= 4 is 39.7 Å². The van der Waals surface area contributed by atoms with E-state index in [1.807, 2.05) is 0 Å².